The predicted octanol–water partition coefficient (Wildman–Crippen LogP) is 4.86. The van der Waals surface area contributed by atoms with Gasteiger partial charge in [0.2, 0.25) is 0 Å². The maximum atomic E-state index is 13.8. The summed E-state index contributed by atoms with van der Waals surface area (Å²) >= 11 is 5.72. The number of benzene rings is 2. The lowest BCUT2D eigenvalue weighted by Crippen LogP contribution is -2.06. The van der Waals surface area contributed by atoms with E-state index < -0.39 is 5.82 Å². The van der Waals surface area contributed by atoms with Crippen LogP contribution in [0, 0.1) is 5.82 Å². The highest BCUT2D eigenvalue weighted by molar-refractivity contribution is 6.30. The standard InChI is InChI=1S/C17H16ClFO/c1-2-5-12-6-3-7-13(10-12)16(20)11-14-8-4-9-15(18)17(14)19/h3-4,6-10H,2,5,11H2,1H3. The molecule has 2 rings (SSSR count). The molecule has 0 saturated carbocycles. The van der Waals surface area contributed by atoms with E-state index in [0.29, 0.717) is 11.1 Å². The summed E-state index contributed by atoms with van der Waals surface area (Å²) in [7, 11) is 0. The van der Waals surface area contributed by atoms with Gasteiger partial charge in [-0.15, -0.1) is 0 Å². The smallest absolute Gasteiger partial charge is 0.167 e. The van der Waals surface area contributed by atoms with Gasteiger partial charge < -0.3 is 0 Å². The van der Waals surface area contributed by atoms with Crippen LogP contribution in [-0.4, -0.2) is 5.78 Å². The second-order valence-electron chi connectivity index (χ2n) is 4.76. The molecule has 0 saturated heterocycles. The molecule has 0 spiro atoms. The third-order valence-corrected chi connectivity index (χ3v) is 3.46. The molecule has 0 N–H and O–H groups in total. The zero-order valence-electron chi connectivity index (χ0n) is 11.3. The average molecular weight is 291 g/mol. The largest absolute Gasteiger partial charge is 0.294 e. The molecule has 0 unspecified atom stereocenters. The van der Waals surface area contributed by atoms with Gasteiger partial charge in [0.15, 0.2) is 5.78 Å². The number of hydrogen-bond acceptors (Lipinski definition) is 1. The first-order valence-electron chi connectivity index (χ1n) is 6.67. The van der Waals surface area contributed by atoms with Crippen LogP contribution in [0.15, 0.2) is 42.5 Å². The first-order valence-corrected chi connectivity index (χ1v) is 7.04. The van der Waals surface area contributed by atoms with Crippen molar-refractivity contribution in [1.82, 2.24) is 0 Å². The summed E-state index contributed by atoms with van der Waals surface area (Å²) in [5, 5.41) is 0.0510. The van der Waals surface area contributed by atoms with Crippen LogP contribution in [0.4, 0.5) is 4.39 Å². The minimum absolute atomic E-state index is 0.0297. The molecular formula is C17H16ClFO. The Morgan fingerprint density at radius 2 is 1.95 bits per heavy atom. The highest BCUT2D eigenvalue weighted by Gasteiger charge is 2.12. The predicted molar refractivity (Wildman–Crippen MR) is 79.9 cm³/mol. The van der Waals surface area contributed by atoms with Gasteiger partial charge in [-0.1, -0.05) is 55.3 Å². The third kappa shape index (κ3) is 3.45. The van der Waals surface area contributed by atoms with Crippen molar-refractivity contribution < 1.29 is 9.18 Å². The maximum absolute atomic E-state index is 13.8. The van der Waals surface area contributed by atoms with E-state index in [4.69, 9.17) is 11.6 Å². The first kappa shape index (κ1) is 14.7. The molecule has 0 heterocycles. The Labute approximate surface area is 123 Å². The molecule has 0 fully saturated rings. The second-order valence-corrected chi connectivity index (χ2v) is 5.17. The number of halogens is 2. The van der Waals surface area contributed by atoms with Gasteiger partial charge in [-0.05, 0) is 29.7 Å². The molecule has 0 aliphatic heterocycles. The van der Waals surface area contributed by atoms with Crippen molar-refractivity contribution >= 4 is 17.4 Å². The van der Waals surface area contributed by atoms with Crippen LogP contribution < -0.4 is 0 Å². The van der Waals surface area contributed by atoms with Gasteiger partial charge in [0.05, 0.1) is 5.02 Å². The molecule has 2 aromatic rings. The van der Waals surface area contributed by atoms with Crippen LogP contribution in [0.1, 0.15) is 34.8 Å². The molecule has 0 aliphatic rings. The van der Waals surface area contributed by atoms with Gasteiger partial charge in [-0.25, -0.2) is 4.39 Å². The number of ketones is 1. The number of carbonyl (C=O) groups excluding carboxylic acids is 1. The van der Waals surface area contributed by atoms with Crippen molar-refractivity contribution in [2.75, 3.05) is 0 Å². The van der Waals surface area contributed by atoms with E-state index in [-0.39, 0.29) is 17.2 Å². The maximum Gasteiger partial charge on any atom is 0.167 e. The van der Waals surface area contributed by atoms with E-state index in [1.807, 2.05) is 18.2 Å². The fraction of sp³-hybridized carbons (Fsp3) is 0.235. The Morgan fingerprint density at radius 1 is 1.20 bits per heavy atom. The Balaban J connectivity index is 2.19. The third-order valence-electron chi connectivity index (χ3n) is 3.17. The number of carbonyl (C=O) groups is 1. The van der Waals surface area contributed by atoms with Crippen molar-refractivity contribution in [3.05, 3.63) is 70.0 Å². The highest BCUT2D eigenvalue weighted by atomic mass is 35.5. The Kier molecular flexibility index (Phi) is 4.91. The van der Waals surface area contributed by atoms with Crippen molar-refractivity contribution in [1.29, 1.82) is 0 Å². The van der Waals surface area contributed by atoms with Crippen molar-refractivity contribution in [2.45, 2.75) is 26.2 Å². The van der Waals surface area contributed by atoms with E-state index in [9.17, 15) is 9.18 Å². The molecule has 0 aromatic heterocycles. The van der Waals surface area contributed by atoms with Gasteiger partial charge in [0.1, 0.15) is 5.82 Å². The summed E-state index contributed by atoms with van der Waals surface area (Å²) in [6, 6.07) is 12.2. The summed E-state index contributed by atoms with van der Waals surface area (Å²) in [5.41, 5.74) is 2.09. The van der Waals surface area contributed by atoms with E-state index in [0.717, 1.165) is 18.4 Å². The van der Waals surface area contributed by atoms with Gasteiger partial charge in [-0.2, -0.15) is 0 Å². The summed E-state index contributed by atoms with van der Waals surface area (Å²) in [6.07, 6.45) is 2.00. The fourth-order valence-electron chi connectivity index (χ4n) is 2.15. The normalized spacial score (nSPS) is 10.6. The quantitative estimate of drug-likeness (QED) is 0.719. The number of hydrogen-bond donors (Lipinski definition) is 0. The molecule has 3 heteroatoms. The lowest BCUT2D eigenvalue weighted by atomic mass is 9.99. The Hall–Kier alpha value is -1.67. The molecule has 0 aliphatic carbocycles. The van der Waals surface area contributed by atoms with E-state index in [2.05, 4.69) is 6.92 Å². The van der Waals surface area contributed by atoms with E-state index in [1.165, 1.54) is 6.07 Å². The molecule has 20 heavy (non-hydrogen) atoms. The second kappa shape index (κ2) is 6.67. The number of Topliss-reactive ketones (excluding diaryl/α,β-unsaturated/α-hetero) is 1. The van der Waals surface area contributed by atoms with Crippen molar-refractivity contribution in [3.63, 3.8) is 0 Å². The zero-order valence-corrected chi connectivity index (χ0v) is 12.1. The molecule has 2 aromatic carbocycles. The molecule has 0 amide bonds. The highest BCUT2D eigenvalue weighted by Crippen LogP contribution is 2.19. The van der Waals surface area contributed by atoms with Crippen molar-refractivity contribution in [2.24, 2.45) is 0 Å². The number of rotatable bonds is 5. The zero-order chi connectivity index (χ0) is 14.5. The van der Waals surface area contributed by atoms with Gasteiger partial charge in [0, 0.05) is 12.0 Å². The molecule has 0 bridgehead atoms. The van der Waals surface area contributed by atoms with Crippen LogP contribution in [-0.2, 0) is 12.8 Å². The van der Waals surface area contributed by atoms with Gasteiger partial charge in [-0.3, -0.25) is 4.79 Å². The fourth-order valence-corrected chi connectivity index (χ4v) is 2.34. The van der Waals surface area contributed by atoms with Crippen LogP contribution in [0.2, 0.25) is 5.02 Å². The van der Waals surface area contributed by atoms with E-state index in [1.54, 1.807) is 18.2 Å². The molecule has 1 nitrogen and oxygen atoms in total. The summed E-state index contributed by atoms with van der Waals surface area (Å²) in [4.78, 5) is 12.2. The molecular weight excluding hydrogens is 275 g/mol. The molecule has 0 atom stereocenters. The molecule has 104 valence electrons. The minimum atomic E-state index is -0.507. The van der Waals surface area contributed by atoms with Crippen LogP contribution in [0.5, 0.6) is 0 Å². The van der Waals surface area contributed by atoms with Crippen LogP contribution in [0.25, 0.3) is 0 Å². The van der Waals surface area contributed by atoms with Crippen LogP contribution in [0.3, 0.4) is 0 Å². The summed E-state index contributed by atoms with van der Waals surface area (Å²) < 4.78 is 13.8. The van der Waals surface area contributed by atoms with Gasteiger partial charge >= 0.3 is 0 Å². The SMILES string of the molecule is CCCc1cccc(C(=O)Cc2cccc(Cl)c2F)c1. The topological polar surface area (TPSA) is 17.1 Å². The monoisotopic (exact) mass is 290 g/mol. The number of aryl methyl sites for hydroxylation is 1. The Bertz CT molecular complexity index is 622. The first-order chi connectivity index (χ1) is 9.61. The van der Waals surface area contributed by atoms with Gasteiger partial charge in [0.25, 0.3) is 0 Å². The van der Waals surface area contributed by atoms with Crippen LogP contribution >= 0.6 is 11.6 Å². The Morgan fingerprint density at radius 3 is 2.70 bits per heavy atom. The molecule has 0 radical (unpaired) electrons. The minimum Gasteiger partial charge on any atom is -0.294 e. The van der Waals surface area contributed by atoms with Crippen molar-refractivity contribution in [3.8, 4) is 0 Å². The van der Waals surface area contributed by atoms with E-state index >= 15 is 0 Å². The average Bonchev–Trinajstić information content (AvgIpc) is 2.44. The lowest BCUT2D eigenvalue weighted by Gasteiger charge is -2.06. The summed E-state index contributed by atoms with van der Waals surface area (Å²) in [6.45, 7) is 2.09. The lowest BCUT2D eigenvalue weighted by molar-refractivity contribution is 0.0991. The summed E-state index contributed by atoms with van der Waals surface area (Å²) in [5.74, 6) is -0.601.